The average Bonchev–Trinajstić information content (AvgIpc) is 3.83. The molecule has 8 aromatic carbocycles. The van der Waals surface area contributed by atoms with Crippen LogP contribution >= 0.6 is 0 Å². The van der Waals surface area contributed by atoms with Gasteiger partial charge in [0.2, 0.25) is 0 Å². The van der Waals surface area contributed by atoms with Crippen LogP contribution in [0.15, 0.2) is 192 Å². The zero-order chi connectivity index (χ0) is 33.5. The fraction of sp³-hybridized carbons (Fsp3) is 0.0204. The summed E-state index contributed by atoms with van der Waals surface area (Å²) in [6.45, 7) is 0. The van der Waals surface area contributed by atoms with Gasteiger partial charge in [-0.05, 0) is 104 Å². The number of nitrogens with zero attached hydrogens (tertiary/aromatic N) is 1. The van der Waals surface area contributed by atoms with Crippen molar-refractivity contribution in [3.63, 3.8) is 0 Å². The molecular weight excluding hydrogens is 619 g/mol. The molecule has 51 heavy (non-hydrogen) atoms. The van der Waals surface area contributed by atoms with E-state index in [9.17, 15) is 0 Å². The lowest BCUT2D eigenvalue weighted by molar-refractivity contribution is 0.669. The Bertz CT molecular complexity index is 2760. The third kappa shape index (κ3) is 3.87. The zero-order valence-electron chi connectivity index (χ0n) is 27.8. The first-order valence-electron chi connectivity index (χ1n) is 17.6. The van der Waals surface area contributed by atoms with E-state index in [1.54, 1.807) is 0 Å². The lowest BCUT2D eigenvalue weighted by Crippen LogP contribution is -2.25. The molecule has 2 heteroatoms. The Morgan fingerprint density at radius 3 is 1.57 bits per heavy atom. The highest BCUT2D eigenvalue weighted by atomic mass is 16.3. The second kappa shape index (κ2) is 10.7. The molecule has 0 N–H and O–H groups in total. The van der Waals surface area contributed by atoms with E-state index < -0.39 is 0 Å². The van der Waals surface area contributed by atoms with Crippen LogP contribution in [0.5, 0.6) is 0 Å². The van der Waals surface area contributed by atoms with Gasteiger partial charge in [0.25, 0.3) is 0 Å². The molecule has 0 radical (unpaired) electrons. The van der Waals surface area contributed by atoms with Crippen LogP contribution in [-0.2, 0) is 5.41 Å². The number of anilines is 3. The molecule has 0 atom stereocenters. The van der Waals surface area contributed by atoms with Crippen molar-refractivity contribution in [2.45, 2.75) is 5.41 Å². The zero-order valence-corrected chi connectivity index (χ0v) is 27.8. The third-order valence-corrected chi connectivity index (χ3v) is 11.1. The number of hydrogen-bond donors (Lipinski definition) is 0. The maximum Gasteiger partial charge on any atom is 0.136 e. The molecular formula is C49H31NO. The van der Waals surface area contributed by atoms with Gasteiger partial charge in [-0.15, -0.1) is 0 Å². The van der Waals surface area contributed by atoms with E-state index in [4.69, 9.17) is 4.42 Å². The Balaban J connectivity index is 1.09. The first-order valence-corrected chi connectivity index (χ1v) is 17.6. The molecule has 2 nitrogen and oxygen atoms in total. The summed E-state index contributed by atoms with van der Waals surface area (Å²) < 4.78 is 6.22. The maximum absolute atomic E-state index is 6.22. The van der Waals surface area contributed by atoms with E-state index in [0.717, 1.165) is 44.6 Å². The highest BCUT2D eigenvalue weighted by molar-refractivity contribution is 6.12. The Morgan fingerprint density at radius 2 is 0.863 bits per heavy atom. The minimum Gasteiger partial charge on any atom is -0.456 e. The van der Waals surface area contributed by atoms with Gasteiger partial charge in [-0.2, -0.15) is 0 Å². The van der Waals surface area contributed by atoms with E-state index in [0.29, 0.717) is 0 Å². The Labute approximate surface area is 296 Å². The number of rotatable bonds is 4. The standard InChI is InChI=1S/C49H31NO/c1-2-13-33(14-3-1)50(34-27-25-32(26-28-34)36-19-12-24-47-48(36)40-18-7-11-23-46(40)51-47)35-29-30-45-41(31-35)39-17-6-10-22-44(39)49(45)42-20-8-4-15-37(42)38-16-5-9-21-43(38)49/h1-31H. The first kappa shape index (κ1) is 28.2. The molecule has 1 spiro atoms. The minimum atomic E-state index is -0.352. The summed E-state index contributed by atoms with van der Waals surface area (Å²) in [6.07, 6.45) is 0. The van der Waals surface area contributed by atoms with E-state index in [1.807, 2.05) is 12.1 Å². The van der Waals surface area contributed by atoms with Crippen LogP contribution in [0.25, 0.3) is 55.3 Å². The van der Waals surface area contributed by atoms with Gasteiger partial charge in [-0.3, -0.25) is 0 Å². The molecule has 9 aromatic rings. The summed E-state index contributed by atoms with van der Waals surface area (Å²) in [5.41, 5.74) is 17.8. The largest absolute Gasteiger partial charge is 0.456 e. The van der Waals surface area contributed by atoms with Crippen LogP contribution in [0.4, 0.5) is 17.1 Å². The molecule has 0 amide bonds. The van der Waals surface area contributed by atoms with E-state index in [-0.39, 0.29) is 5.41 Å². The van der Waals surface area contributed by atoms with Gasteiger partial charge in [0.1, 0.15) is 11.2 Å². The number of benzene rings is 8. The lowest BCUT2D eigenvalue weighted by Gasteiger charge is -2.31. The molecule has 238 valence electrons. The number of fused-ring (bicyclic) bond motifs is 13. The molecule has 0 bridgehead atoms. The summed E-state index contributed by atoms with van der Waals surface area (Å²) >= 11 is 0. The van der Waals surface area contributed by atoms with Gasteiger partial charge in [-0.25, -0.2) is 0 Å². The van der Waals surface area contributed by atoms with Gasteiger partial charge in [-0.1, -0.05) is 140 Å². The topological polar surface area (TPSA) is 16.4 Å². The van der Waals surface area contributed by atoms with Crippen molar-refractivity contribution in [3.8, 4) is 33.4 Å². The monoisotopic (exact) mass is 649 g/mol. The molecule has 0 aliphatic heterocycles. The molecule has 2 aliphatic rings. The van der Waals surface area contributed by atoms with Gasteiger partial charge in [0, 0.05) is 27.8 Å². The summed E-state index contributed by atoms with van der Waals surface area (Å²) in [4.78, 5) is 2.38. The van der Waals surface area contributed by atoms with Crippen LogP contribution < -0.4 is 4.90 Å². The lowest BCUT2D eigenvalue weighted by atomic mass is 9.70. The predicted molar refractivity (Wildman–Crippen MR) is 210 cm³/mol. The van der Waals surface area contributed by atoms with Crippen molar-refractivity contribution in [3.05, 3.63) is 210 Å². The second-order valence-electron chi connectivity index (χ2n) is 13.6. The van der Waals surface area contributed by atoms with E-state index in [2.05, 4.69) is 181 Å². The maximum atomic E-state index is 6.22. The van der Waals surface area contributed by atoms with Crippen LogP contribution in [0, 0.1) is 0 Å². The van der Waals surface area contributed by atoms with Crippen molar-refractivity contribution >= 4 is 39.0 Å². The first-order chi connectivity index (χ1) is 25.3. The van der Waals surface area contributed by atoms with Gasteiger partial charge in [0.15, 0.2) is 0 Å². The van der Waals surface area contributed by atoms with Crippen molar-refractivity contribution < 1.29 is 4.42 Å². The smallest absolute Gasteiger partial charge is 0.136 e. The molecule has 2 aliphatic carbocycles. The second-order valence-corrected chi connectivity index (χ2v) is 13.6. The molecule has 0 unspecified atom stereocenters. The van der Waals surface area contributed by atoms with Crippen LogP contribution in [-0.4, -0.2) is 0 Å². The molecule has 0 saturated carbocycles. The van der Waals surface area contributed by atoms with E-state index in [1.165, 1.54) is 50.1 Å². The normalized spacial score (nSPS) is 13.3. The summed E-state index contributed by atoms with van der Waals surface area (Å²) in [5, 5.41) is 2.30. The highest BCUT2D eigenvalue weighted by Crippen LogP contribution is 2.63. The van der Waals surface area contributed by atoms with Gasteiger partial charge >= 0.3 is 0 Å². The van der Waals surface area contributed by atoms with Crippen LogP contribution in [0.3, 0.4) is 0 Å². The molecule has 11 rings (SSSR count). The fourth-order valence-electron chi connectivity index (χ4n) is 9.06. The third-order valence-electron chi connectivity index (χ3n) is 11.1. The van der Waals surface area contributed by atoms with Crippen molar-refractivity contribution in [1.82, 2.24) is 0 Å². The van der Waals surface area contributed by atoms with Crippen molar-refractivity contribution in [2.75, 3.05) is 4.90 Å². The molecule has 1 heterocycles. The average molecular weight is 650 g/mol. The number of para-hydroxylation sites is 2. The summed E-state index contributed by atoms with van der Waals surface area (Å²) in [7, 11) is 0. The van der Waals surface area contributed by atoms with Crippen molar-refractivity contribution in [2.24, 2.45) is 0 Å². The molecule has 1 aromatic heterocycles. The Kier molecular flexibility index (Phi) is 5.91. The SMILES string of the molecule is c1ccc(N(c2ccc(-c3cccc4oc5ccccc5c34)cc2)c2ccc3c(c2)-c2ccccc2C32c3ccccc3-c3ccccc32)cc1. The highest BCUT2D eigenvalue weighted by Gasteiger charge is 2.51. The Hall–Kier alpha value is -6.64. The summed E-state index contributed by atoms with van der Waals surface area (Å²) in [6, 6.07) is 68.4. The van der Waals surface area contributed by atoms with Gasteiger partial charge < -0.3 is 9.32 Å². The quantitative estimate of drug-likeness (QED) is 0.189. The Morgan fingerprint density at radius 1 is 0.353 bits per heavy atom. The molecule has 0 fully saturated rings. The van der Waals surface area contributed by atoms with Crippen molar-refractivity contribution in [1.29, 1.82) is 0 Å². The fourth-order valence-corrected chi connectivity index (χ4v) is 9.06. The minimum absolute atomic E-state index is 0.352. The number of furan rings is 1. The predicted octanol–water partition coefficient (Wildman–Crippen LogP) is 13.1. The van der Waals surface area contributed by atoms with Crippen LogP contribution in [0.1, 0.15) is 22.3 Å². The van der Waals surface area contributed by atoms with E-state index >= 15 is 0 Å². The van der Waals surface area contributed by atoms with Crippen LogP contribution in [0.2, 0.25) is 0 Å². The van der Waals surface area contributed by atoms with Gasteiger partial charge in [0.05, 0.1) is 5.41 Å². The molecule has 0 saturated heterocycles. The number of hydrogen-bond acceptors (Lipinski definition) is 2. The summed E-state index contributed by atoms with van der Waals surface area (Å²) in [5.74, 6) is 0.